The molecule has 0 bridgehead atoms. The molecule has 0 unspecified atom stereocenters. The van der Waals surface area contributed by atoms with Crippen molar-refractivity contribution in [3.63, 3.8) is 0 Å². The van der Waals surface area contributed by atoms with Gasteiger partial charge in [-0.3, -0.25) is 0 Å². The highest BCUT2D eigenvalue weighted by Crippen LogP contribution is 2.32. The van der Waals surface area contributed by atoms with E-state index in [1.54, 1.807) is 14.2 Å². The zero-order chi connectivity index (χ0) is 16.4. The monoisotopic (exact) mass is 325 g/mol. The van der Waals surface area contributed by atoms with Gasteiger partial charge < -0.3 is 13.4 Å². The standard InChI is InChI=1S/C19H23NO2Si/c1-5-8-14-11-15(13-23(21-3)22-4)19-17(12-14)16-9-6-7-10-18(16)20(19)2/h5-7,9-12,23H,1,8,13H2,2-4H3. The Kier molecular flexibility index (Phi) is 4.66. The Morgan fingerprint density at radius 2 is 1.87 bits per heavy atom. The average Bonchev–Trinajstić information content (AvgIpc) is 2.86. The van der Waals surface area contributed by atoms with Crippen LogP contribution in [0.2, 0.25) is 0 Å². The van der Waals surface area contributed by atoms with Gasteiger partial charge in [-0.1, -0.05) is 30.3 Å². The number of para-hydroxylation sites is 1. The quantitative estimate of drug-likeness (QED) is 0.510. The molecule has 2 aromatic carbocycles. The van der Waals surface area contributed by atoms with Crippen molar-refractivity contribution in [3.05, 3.63) is 60.2 Å². The number of nitrogens with zero attached hydrogens (tertiary/aromatic N) is 1. The molecule has 0 saturated carbocycles. The van der Waals surface area contributed by atoms with E-state index in [1.807, 2.05) is 6.08 Å². The number of aromatic nitrogens is 1. The summed E-state index contributed by atoms with van der Waals surface area (Å²) in [5.41, 5.74) is 5.13. The van der Waals surface area contributed by atoms with Crippen LogP contribution >= 0.6 is 0 Å². The van der Waals surface area contributed by atoms with E-state index in [-0.39, 0.29) is 0 Å². The highest BCUT2D eigenvalue weighted by atomic mass is 28.3. The van der Waals surface area contributed by atoms with E-state index in [0.717, 1.165) is 12.5 Å². The van der Waals surface area contributed by atoms with E-state index >= 15 is 0 Å². The van der Waals surface area contributed by atoms with Crippen LogP contribution in [0.1, 0.15) is 11.1 Å². The van der Waals surface area contributed by atoms with Gasteiger partial charge in [-0.25, -0.2) is 0 Å². The van der Waals surface area contributed by atoms with E-state index < -0.39 is 9.28 Å². The van der Waals surface area contributed by atoms with Gasteiger partial charge in [0.15, 0.2) is 0 Å². The summed E-state index contributed by atoms with van der Waals surface area (Å²) in [5, 5.41) is 2.60. The lowest BCUT2D eigenvalue weighted by atomic mass is 10.0. The predicted octanol–water partition coefficient (Wildman–Crippen LogP) is 3.66. The van der Waals surface area contributed by atoms with Gasteiger partial charge in [0.2, 0.25) is 0 Å². The first-order valence-electron chi connectivity index (χ1n) is 7.85. The third-order valence-electron chi connectivity index (χ3n) is 4.43. The summed E-state index contributed by atoms with van der Waals surface area (Å²) in [6.07, 6.45) is 2.83. The summed E-state index contributed by atoms with van der Waals surface area (Å²) in [5.74, 6) is 0. The number of allylic oxidation sites excluding steroid dienone is 1. The molecule has 0 fully saturated rings. The van der Waals surface area contributed by atoms with Crippen LogP contribution in [0, 0.1) is 0 Å². The van der Waals surface area contributed by atoms with Crippen LogP contribution in [0.25, 0.3) is 21.8 Å². The zero-order valence-corrected chi connectivity index (χ0v) is 15.2. The van der Waals surface area contributed by atoms with Crippen molar-refractivity contribution in [2.45, 2.75) is 12.5 Å². The maximum atomic E-state index is 5.55. The van der Waals surface area contributed by atoms with Crippen molar-refractivity contribution in [2.75, 3.05) is 14.2 Å². The lowest BCUT2D eigenvalue weighted by molar-refractivity contribution is 0.277. The van der Waals surface area contributed by atoms with Crippen molar-refractivity contribution in [1.29, 1.82) is 0 Å². The SMILES string of the molecule is C=CCc1cc(C[SiH](OC)OC)c2c(c1)c1ccccc1n2C. The molecule has 0 aliphatic rings. The van der Waals surface area contributed by atoms with E-state index in [1.165, 1.54) is 32.9 Å². The van der Waals surface area contributed by atoms with Crippen molar-refractivity contribution < 1.29 is 8.85 Å². The summed E-state index contributed by atoms with van der Waals surface area (Å²) >= 11 is 0. The van der Waals surface area contributed by atoms with Gasteiger partial charge in [0, 0.05) is 43.6 Å². The molecule has 3 aromatic rings. The first kappa shape index (κ1) is 16.0. The Balaban J connectivity index is 2.29. The summed E-state index contributed by atoms with van der Waals surface area (Å²) in [6, 6.07) is 14.0. The van der Waals surface area contributed by atoms with E-state index in [0.29, 0.717) is 0 Å². The van der Waals surface area contributed by atoms with E-state index in [4.69, 9.17) is 8.85 Å². The maximum absolute atomic E-state index is 5.55. The molecular formula is C19H23NO2Si. The first-order valence-corrected chi connectivity index (χ1v) is 9.61. The second-order valence-corrected chi connectivity index (χ2v) is 8.04. The molecule has 1 heterocycles. The Bertz CT molecular complexity index is 849. The molecule has 23 heavy (non-hydrogen) atoms. The van der Waals surface area contributed by atoms with Gasteiger partial charge in [-0.05, 0) is 29.7 Å². The Labute approximate surface area is 139 Å². The number of rotatable bonds is 6. The molecule has 4 heteroatoms. The van der Waals surface area contributed by atoms with Crippen LogP contribution in [0.4, 0.5) is 0 Å². The third kappa shape index (κ3) is 2.85. The molecule has 120 valence electrons. The summed E-state index contributed by atoms with van der Waals surface area (Å²) in [7, 11) is 3.95. The van der Waals surface area contributed by atoms with Crippen LogP contribution in [-0.4, -0.2) is 28.1 Å². The molecule has 0 aliphatic heterocycles. The zero-order valence-electron chi connectivity index (χ0n) is 14.0. The number of hydrogen-bond donors (Lipinski definition) is 0. The lowest BCUT2D eigenvalue weighted by Crippen LogP contribution is -2.23. The molecule has 0 N–H and O–H groups in total. The van der Waals surface area contributed by atoms with Crippen LogP contribution in [0.15, 0.2) is 49.1 Å². The minimum Gasteiger partial charge on any atom is -0.400 e. The minimum atomic E-state index is -1.67. The molecule has 0 aliphatic carbocycles. The highest BCUT2D eigenvalue weighted by molar-refractivity contribution is 6.44. The van der Waals surface area contributed by atoms with Crippen molar-refractivity contribution in [2.24, 2.45) is 7.05 Å². The third-order valence-corrected chi connectivity index (χ3v) is 6.26. The normalized spacial score (nSPS) is 11.7. The number of hydrogen-bond acceptors (Lipinski definition) is 2. The largest absolute Gasteiger partial charge is 0.400 e. The fraction of sp³-hybridized carbons (Fsp3) is 0.263. The van der Waals surface area contributed by atoms with E-state index in [2.05, 4.69) is 54.6 Å². The fourth-order valence-corrected chi connectivity index (χ4v) is 4.55. The average molecular weight is 325 g/mol. The van der Waals surface area contributed by atoms with Gasteiger partial charge in [-0.2, -0.15) is 0 Å². The molecule has 0 saturated heterocycles. The summed E-state index contributed by atoms with van der Waals surface area (Å²) in [4.78, 5) is 0. The van der Waals surface area contributed by atoms with Gasteiger partial charge >= 0.3 is 9.28 Å². The second kappa shape index (κ2) is 6.70. The summed E-state index contributed by atoms with van der Waals surface area (Å²) in [6.45, 7) is 3.88. The van der Waals surface area contributed by atoms with Crippen molar-refractivity contribution >= 4 is 31.1 Å². The first-order chi connectivity index (χ1) is 11.2. The molecule has 0 radical (unpaired) electrons. The Morgan fingerprint density at radius 3 is 2.57 bits per heavy atom. The Morgan fingerprint density at radius 1 is 1.13 bits per heavy atom. The molecule has 0 amide bonds. The van der Waals surface area contributed by atoms with Crippen molar-refractivity contribution in [1.82, 2.24) is 4.57 Å². The molecule has 0 atom stereocenters. The van der Waals surface area contributed by atoms with Crippen molar-refractivity contribution in [3.8, 4) is 0 Å². The molecule has 0 spiro atoms. The molecule has 3 rings (SSSR count). The maximum Gasteiger partial charge on any atom is 0.325 e. The molecule has 3 nitrogen and oxygen atoms in total. The van der Waals surface area contributed by atoms with Crippen LogP contribution in [-0.2, 0) is 28.4 Å². The fourth-order valence-electron chi connectivity index (χ4n) is 3.36. The highest BCUT2D eigenvalue weighted by Gasteiger charge is 2.18. The van der Waals surface area contributed by atoms with Gasteiger partial charge in [0.25, 0.3) is 0 Å². The number of benzene rings is 2. The van der Waals surface area contributed by atoms with E-state index in [9.17, 15) is 0 Å². The van der Waals surface area contributed by atoms with Crippen LogP contribution in [0.3, 0.4) is 0 Å². The lowest BCUT2D eigenvalue weighted by Gasteiger charge is -2.14. The minimum absolute atomic E-state index is 0.860. The molecular weight excluding hydrogens is 302 g/mol. The topological polar surface area (TPSA) is 23.4 Å². The van der Waals surface area contributed by atoms with Gasteiger partial charge in [-0.15, -0.1) is 6.58 Å². The molecule has 1 aromatic heterocycles. The number of fused-ring (bicyclic) bond motifs is 3. The Hall–Kier alpha value is -1.88. The second-order valence-electron chi connectivity index (χ2n) is 5.83. The predicted molar refractivity (Wildman–Crippen MR) is 99.2 cm³/mol. The smallest absolute Gasteiger partial charge is 0.325 e. The van der Waals surface area contributed by atoms with Crippen LogP contribution < -0.4 is 0 Å². The van der Waals surface area contributed by atoms with Gasteiger partial charge in [0.1, 0.15) is 0 Å². The number of aryl methyl sites for hydroxylation is 1. The van der Waals surface area contributed by atoms with Crippen LogP contribution in [0.5, 0.6) is 0 Å². The summed E-state index contributed by atoms with van der Waals surface area (Å²) < 4.78 is 13.4. The van der Waals surface area contributed by atoms with Gasteiger partial charge in [0.05, 0.1) is 5.52 Å².